The van der Waals surface area contributed by atoms with Crippen molar-refractivity contribution >= 4 is 0 Å². The molecule has 2 rings (SSSR count). The van der Waals surface area contributed by atoms with Crippen molar-refractivity contribution in [2.24, 2.45) is 12.8 Å². The van der Waals surface area contributed by atoms with Gasteiger partial charge < -0.3 is 15.0 Å². The maximum absolute atomic E-state index is 5.97. The van der Waals surface area contributed by atoms with Crippen molar-refractivity contribution in [1.82, 2.24) is 9.55 Å². The minimum atomic E-state index is 0.0569. The number of hydrogen-bond acceptors (Lipinski definition) is 3. The fourth-order valence-corrected chi connectivity index (χ4v) is 2.36. The Hall–Kier alpha value is -1.81. The number of nitrogens with zero attached hydrogens (tertiary/aromatic N) is 2. The van der Waals surface area contributed by atoms with Gasteiger partial charge in [-0.25, -0.2) is 4.98 Å². The SMILES string of the molecule is CCc1ccc(OC)c(C(CN)c2nccn2C)c1. The van der Waals surface area contributed by atoms with Crippen LogP contribution in [0.5, 0.6) is 5.75 Å². The highest BCUT2D eigenvalue weighted by Gasteiger charge is 2.20. The monoisotopic (exact) mass is 259 g/mol. The van der Waals surface area contributed by atoms with Crippen molar-refractivity contribution in [2.75, 3.05) is 13.7 Å². The lowest BCUT2D eigenvalue weighted by Gasteiger charge is -2.19. The Labute approximate surface area is 114 Å². The molecule has 0 spiro atoms. The van der Waals surface area contributed by atoms with Crippen LogP contribution in [0, 0.1) is 0 Å². The molecule has 1 unspecified atom stereocenters. The molecule has 0 saturated carbocycles. The van der Waals surface area contributed by atoms with Crippen molar-refractivity contribution in [3.05, 3.63) is 47.5 Å². The summed E-state index contributed by atoms with van der Waals surface area (Å²) < 4.78 is 7.48. The third-order valence-electron chi connectivity index (χ3n) is 3.48. The van der Waals surface area contributed by atoms with E-state index in [0.717, 1.165) is 23.6 Å². The molecule has 19 heavy (non-hydrogen) atoms. The van der Waals surface area contributed by atoms with E-state index in [1.165, 1.54) is 5.56 Å². The van der Waals surface area contributed by atoms with E-state index in [9.17, 15) is 0 Å². The van der Waals surface area contributed by atoms with Gasteiger partial charge in [0.15, 0.2) is 0 Å². The zero-order valence-corrected chi connectivity index (χ0v) is 11.8. The fraction of sp³-hybridized carbons (Fsp3) is 0.400. The Balaban J connectivity index is 2.51. The molecule has 1 atom stereocenters. The first kappa shape index (κ1) is 13.6. The standard InChI is InChI=1S/C15H21N3O/c1-4-11-5-6-14(19-3)12(9-11)13(10-16)15-17-7-8-18(15)2/h5-9,13H,4,10,16H2,1-3H3. The van der Waals surface area contributed by atoms with Crippen molar-refractivity contribution < 1.29 is 4.74 Å². The van der Waals surface area contributed by atoms with E-state index in [0.29, 0.717) is 6.54 Å². The van der Waals surface area contributed by atoms with E-state index in [1.807, 2.05) is 23.9 Å². The molecule has 0 aliphatic heterocycles. The second-order valence-electron chi connectivity index (χ2n) is 4.61. The highest BCUT2D eigenvalue weighted by atomic mass is 16.5. The van der Waals surface area contributed by atoms with Crippen molar-refractivity contribution in [2.45, 2.75) is 19.3 Å². The maximum Gasteiger partial charge on any atom is 0.122 e. The minimum absolute atomic E-state index is 0.0569. The van der Waals surface area contributed by atoms with Gasteiger partial charge in [-0.05, 0) is 18.1 Å². The normalized spacial score (nSPS) is 12.4. The number of hydrogen-bond donors (Lipinski definition) is 1. The number of rotatable bonds is 5. The third-order valence-corrected chi connectivity index (χ3v) is 3.48. The molecule has 0 aliphatic rings. The number of imidazole rings is 1. The molecule has 0 bridgehead atoms. The summed E-state index contributed by atoms with van der Waals surface area (Å²) in [6.45, 7) is 2.65. The number of benzene rings is 1. The average molecular weight is 259 g/mol. The summed E-state index contributed by atoms with van der Waals surface area (Å²) in [4.78, 5) is 4.42. The van der Waals surface area contributed by atoms with E-state index < -0.39 is 0 Å². The zero-order chi connectivity index (χ0) is 13.8. The van der Waals surface area contributed by atoms with Crippen LogP contribution in [0.3, 0.4) is 0 Å². The largest absolute Gasteiger partial charge is 0.496 e. The number of ether oxygens (including phenoxy) is 1. The lowest BCUT2D eigenvalue weighted by Crippen LogP contribution is -2.18. The van der Waals surface area contributed by atoms with Crippen LogP contribution in [0.15, 0.2) is 30.6 Å². The van der Waals surface area contributed by atoms with Gasteiger partial charge in [0, 0.05) is 31.5 Å². The van der Waals surface area contributed by atoms with Crippen molar-refractivity contribution in [3.63, 3.8) is 0 Å². The van der Waals surface area contributed by atoms with Crippen LogP contribution in [0.2, 0.25) is 0 Å². The lowest BCUT2D eigenvalue weighted by molar-refractivity contribution is 0.406. The molecule has 1 aromatic heterocycles. The maximum atomic E-state index is 5.97. The lowest BCUT2D eigenvalue weighted by atomic mass is 9.94. The van der Waals surface area contributed by atoms with Crippen LogP contribution >= 0.6 is 0 Å². The summed E-state index contributed by atoms with van der Waals surface area (Å²) in [7, 11) is 3.68. The molecule has 102 valence electrons. The summed E-state index contributed by atoms with van der Waals surface area (Å²) >= 11 is 0. The number of nitrogens with two attached hydrogens (primary N) is 1. The predicted molar refractivity (Wildman–Crippen MR) is 76.5 cm³/mol. The summed E-state index contributed by atoms with van der Waals surface area (Å²) in [5.41, 5.74) is 8.36. The molecule has 0 amide bonds. The van der Waals surface area contributed by atoms with Gasteiger partial charge in [-0.15, -0.1) is 0 Å². The molecule has 0 radical (unpaired) electrons. The van der Waals surface area contributed by atoms with Crippen LogP contribution < -0.4 is 10.5 Å². The van der Waals surface area contributed by atoms with Crippen LogP contribution in [0.25, 0.3) is 0 Å². The van der Waals surface area contributed by atoms with Gasteiger partial charge in [-0.1, -0.05) is 19.1 Å². The highest BCUT2D eigenvalue weighted by Crippen LogP contribution is 2.31. The van der Waals surface area contributed by atoms with E-state index >= 15 is 0 Å². The predicted octanol–water partition coefficient (Wildman–Crippen LogP) is 2.08. The number of aromatic nitrogens is 2. The Bertz CT molecular complexity index is 548. The van der Waals surface area contributed by atoms with Crippen molar-refractivity contribution in [3.8, 4) is 5.75 Å². The van der Waals surface area contributed by atoms with E-state index in [-0.39, 0.29) is 5.92 Å². The second-order valence-corrected chi connectivity index (χ2v) is 4.61. The van der Waals surface area contributed by atoms with Crippen LogP contribution in [0.4, 0.5) is 0 Å². The first-order valence-corrected chi connectivity index (χ1v) is 6.55. The molecule has 1 aromatic carbocycles. The molecular weight excluding hydrogens is 238 g/mol. The topological polar surface area (TPSA) is 53.1 Å². The Morgan fingerprint density at radius 3 is 2.74 bits per heavy atom. The Kier molecular flexibility index (Phi) is 4.22. The van der Waals surface area contributed by atoms with Crippen LogP contribution in [-0.2, 0) is 13.5 Å². The first-order chi connectivity index (χ1) is 9.21. The van der Waals surface area contributed by atoms with Gasteiger partial charge in [0.2, 0.25) is 0 Å². The Morgan fingerprint density at radius 1 is 1.42 bits per heavy atom. The first-order valence-electron chi connectivity index (χ1n) is 6.55. The minimum Gasteiger partial charge on any atom is -0.496 e. The van der Waals surface area contributed by atoms with Gasteiger partial charge in [-0.3, -0.25) is 0 Å². The molecule has 0 fully saturated rings. The van der Waals surface area contributed by atoms with E-state index in [4.69, 9.17) is 10.5 Å². The van der Waals surface area contributed by atoms with Crippen molar-refractivity contribution in [1.29, 1.82) is 0 Å². The molecule has 2 aromatic rings. The zero-order valence-electron chi connectivity index (χ0n) is 11.8. The Morgan fingerprint density at radius 2 is 2.21 bits per heavy atom. The average Bonchev–Trinajstić information content (AvgIpc) is 2.86. The molecule has 2 N–H and O–H groups in total. The third kappa shape index (κ3) is 2.63. The second kappa shape index (κ2) is 5.89. The molecule has 4 heteroatoms. The summed E-state index contributed by atoms with van der Waals surface area (Å²) in [6.07, 6.45) is 4.73. The van der Waals surface area contributed by atoms with Crippen LogP contribution in [0.1, 0.15) is 29.8 Å². The summed E-state index contributed by atoms with van der Waals surface area (Å²) in [6, 6.07) is 6.28. The van der Waals surface area contributed by atoms with Gasteiger partial charge in [0.25, 0.3) is 0 Å². The fourth-order valence-electron chi connectivity index (χ4n) is 2.36. The molecular formula is C15H21N3O. The smallest absolute Gasteiger partial charge is 0.122 e. The van der Waals surface area contributed by atoms with E-state index in [1.54, 1.807) is 13.3 Å². The molecule has 0 aliphatic carbocycles. The number of methoxy groups -OCH3 is 1. The highest BCUT2D eigenvalue weighted by molar-refractivity contribution is 5.42. The van der Waals surface area contributed by atoms with Gasteiger partial charge in [0.1, 0.15) is 11.6 Å². The quantitative estimate of drug-likeness (QED) is 0.894. The van der Waals surface area contributed by atoms with Gasteiger partial charge in [0.05, 0.1) is 13.0 Å². The number of aryl methyl sites for hydroxylation is 2. The molecule has 1 heterocycles. The van der Waals surface area contributed by atoms with Gasteiger partial charge in [-0.2, -0.15) is 0 Å². The molecule has 4 nitrogen and oxygen atoms in total. The molecule has 0 saturated heterocycles. The van der Waals surface area contributed by atoms with E-state index in [2.05, 4.69) is 24.0 Å². The van der Waals surface area contributed by atoms with Gasteiger partial charge >= 0.3 is 0 Å². The summed E-state index contributed by atoms with van der Waals surface area (Å²) in [5.74, 6) is 1.89. The van der Waals surface area contributed by atoms with Crippen LogP contribution in [-0.4, -0.2) is 23.2 Å². The summed E-state index contributed by atoms with van der Waals surface area (Å²) in [5, 5.41) is 0.